The van der Waals surface area contributed by atoms with E-state index in [1.54, 1.807) is 24.0 Å². The number of aryl methyl sites for hydroxylation is 1. The number of nitrogens with zero attached hydrogens (tertiary/aromatic N) is 2. The van der Waals surface area contributed by atoms with E-state index in [-0.39, 0.29) is 22.0 Å². The minimum atomic E-state index is -3.80. The summed E-state index contributed by atoms with van der Waals surface area (Å²) >= 11 is 4.69. The van der Waals surface area contributed by atoms with Crippen molar-refractivity contribution in [2.24, 2.45) is 12.8 Å². The van der Waals surface area contributed by atoms with Gasteiger partial charge in [-0.05, 0) is 24.3 Å². The Morgan fingerprint density at radius 2 is 2.19 bits per heavy atom. The zero-order valence-corrected chi connectivity index (χ0v) is 12.7. The summed E-state index contributed by atoms with van der Waals surface area (Å²) in [6.45, 7) is 0.0681. The molecule has 21 heavy (non-hydrogen) atoms. The first-order valence-electron chi connectivity index (χ1n) is 5.87. The lowest BCUT2D eigenvalue weighted by molar-refractivity contribution is 0.576. The lowest BCUT2D eigenvalue weighted by Gasteiger charge is -2.09. The predicted molar refractivity (Wildman–Crippen MR) is 79.5 cm³/mol. The third-order valence-corrected chi connectivity index (χ3v) is 4.50. The van der Waals surface area contributed by atoms with E-state index in [0.29, 0.717) is 5.69 Å². The van der Waals surface area contributed by atoms with Crippen molar-refractivity contribution in [3.05, 3.63) is 47.5 Å². The second-order valence-corrected chi connectivity index (χ2v) is 6.48. The SMILES string of the molecule is Cn1nccc1CNS(=O)(=O)c1ccc(F)c(C(N)=S)c1. The molecule has 1 aromatic heterocycles. The Hall–Kier alpha value is -1.84. The Labute approximate surface area is 126 Å². The maximum absolute atomic E-state index is 13.5. The van der Waals surface area contributed by atoms with Crippen molar-refractivity contribution < 1.29 is 12.8 Å². The number of rotatable bonds is 5. The molecule has 0 amide bonds. The van der Waals surface area contributed by atoms with E-state index in [2.05, 4.69) is 22.0 Å². The van der Waals surface area contributed by atoms with Gasteiger partial charge in [0.15, 0.2) is 0 Å². The van der Waals surface area contributed by atoms with Gasteiger partial charge in [0, 0.05) is 18.8 Å². The third-order valence-electron chi connectivity index (χ3n) is 2.88. The van der Waals surface area contributed by atoms with Crippen molar-refractivity contribution >= 4 is 27.2 Å². The average molecular weight is 328 g/mol. The zero-order chi connectivity index (χ0) is 15.6. The van der Waals surface area contributed by atoms with Crippen molar-refractivity contribution in [1.82, 2.24) is 14.5 Å². The minimum absolute atomic E-state index is 0.0681. The van der Waals surface area contributed by atoms with E-state index in [9.17, 15) is 12.8 Å². The second kappa shape index (κ2) is 5.88. The maximum atomic E-state index is 13.5. The molecule has 9 heteroatoms. The molecule has 0 aliphatic rings. The molecule has 0 aliphatic carbocycles. The molecule has 0 aliphatic heterocycles. The number of thiocarbonyl (C=S) groups is 1. The van der Waals surface area contributed by atoms with Gasteiger partial charge in [-0.15, -0.1) is 0 Å². The molecule has 2 aromatic rings. The van der Waals surface area contributed by atoms with Gasteiger partial charge in [-0.2, -0.15) is 5.10 Å². The van der Waals surface area contributed by atoms with E-state index in [1.165, 1.54) is 0 Å². The maximum Gasteiger partial charge on any atom is 0.240 e. The highest BCUT2D eigenvalue weighted by molar-refractivity contribution is 7.89. The molecule has 2 rings (SSSR count). The van der Waals surface area contributed by atoms with E-state index in [1.807, 2.05) is 0 Å². The van der Waals surface area contributed by atoms with Crippen molar-refractivity contribution in [2.45, 2.75) is 11.4 Å². The number of hydrogen-bond donors (Lipinski definition) is 2. The summed E-state index contributed by atoms with van der Waals surface area (Å²) in [4.78, 5) is -0.301. The summed E-state index contributed by atoms with van der Waals surface area (Å²) in [5, 5.41) is 3.94. The van der Waals surface area contributed by atoms with Gasteiger partial charge < -0.3 is 5.73 Å². The van der Waals surface area contributed by atoms with Crippen molar-refractivity contribution in [2.75, 3.05) is 0 Å². The molecule has 0 saturated carbocycles. The number of nitrogens with one attached hydrogen (secondary N) is 1. The lowest BCUT2D eigenvalue weighted by Crippen LogP contribution is -2.25. The molecule has 0 bridgehead atoms. The third kappa shape index (κ3) is 3.43. The molecule has 1 heterocycles. The normalized spacial score (nSPS) is 11.5. The van der Waals surface area contributed by atoms with Gasteiger partial charge in [0.2, 0.25) is 10.0 Å². The van der Waals surface area contributed by atoms with Gasteiger partial charge in [0.05, 0.1) is 17.1 Å². The average Bonchev–Trinajstić information content (AvgIpc) is 2.82. The van der Waals surface area contributed by atoms with Crippen LogP contribution in [0.25, 0.3) is 0 Å². The first kappa shape index (κ1) is 15.5. The fraction of sp³-hybridized carbons (Fsp3) is 0.167. The summed E-state index contributed by atoms with van der Waals surface area (Å²) in [7, 11) is -2.10. The van der Waals surface area contributed by atoms with Gasteiger partial charge in [-0.1, -0.05) is 12.2 Å². The van der Waals surface area contributed by atoms with E-state index < -0.39 is 15.8 Å². The highest BCUT2D eigenvalue weighted by atomic mass is 32.2. The quantitative estimate of drug-likeness (QED) is 0.788. The van der Waals surface area contributed by atoms with Crippen LogP contribution in [0.15, 0.2) is 35.4 Å². The fourth-order valence-corrected chi connectivity index (χ4v) is 2.87. The first-order chi connectivity index (χ1) is 9.81. The van der Waals surface area contributed by atoms with E-state index in [0.717, 1.165) is 18.2 Å². The zero-order valence-electron chi connectivity index (χ0n) is 11.1. The smallest absolute Gasteiger partial charge is 0.240 e. The number of hydrogen-bond acceptors (Lipinski definition) is 4. The van der Waals surface area contributed by atoms with Crippen LogP contribution in [0.4, 0.5) is 4.39 Å². The molecule has 0 radical (unpaired) electrons. The molecule has 0 atom stereocenters. The molecule has 0 spiro atoms. The molecular weight excluding hydrogens is 315 g/mol. The van der Waals surface area contributed by atoms with Gasteiger partial charge in [0.25, 0.3) is 0 Å². The molecule has 0 fully saturated rings. The minimum Gasteiger partial charge on any atom is -0.389 e. The van der Waals surface area contributed by atoms with E-state index in [4.69, 9.17) is 5.73 Å². The van der Waals surface area contributed by atoms with Crippen LogP contribution in [0.2, 0.25) is 0 Å². The summed E-state index contributed by atoms with van der Waals surface area (Å²) in [6, 6.07) is 4.98. The fourth-order valence-electron chi connectivity index (χ4n) is 1.69. The van der Waals surface area contributed by atoms with Crippen molar-refractivity contribution in [1.29, 1.82) is 0 Å². The first-order valence-corrected chi connectivity index (χ1v) is 7.76. The Morgan fingerprint density at radius 3 is 2.76 bits per heavy atom. The van der Waals surface area contributed by atoms with Gasteiger partial charge in [-0.25, -0.2) is 17.5 Å². The topological polar surface area (TPSA) is 90.0 Å². The molecule has 1 aromatic carbocycles. The Morgan fingerprint density at radius 1 is 1.48 bits per heavy atom. The highest BCUT2D eigenvalue weighted by Crippen LogP contribution is 2.15. The number of aromatic nitrogens is 2. The van der Waals surface area contributed by atoms with Crippen LogP contribution < -0.4 is 10.5 Å². The summed E-state index contributed by atoms with van der Waals surface area (Å²) < 4.78 is 41.8. The van der Waals surface area contributed by atoms with Crippen LogP contribution in [-0.2, 0) is 23.6 Å². The molecule has 112 valence electrons. The van der Waals surface area contributed by atoms with Crippen LogP contribution in [0.5, 0.6) is 0 Å². The van der Waals surface area contributed by atoms with Gasteiger partial charge in [-0.3, -0.25) is 4.68 Å². The van der Waals surface area contributed by atoms with Crippen LogP contribution in [0.3, 0.4) is 0 Å². The standard InChI is InChI=1S/C12H13FN4O2S2/c1-17-8(4-5-15-17)7-16-21(18,19)9-2-3-11(13)10(6-9)12(14)20/h2-6,16H,7H2,1H3,(H2,14,20). The number of nitrogens with two attached hydrogens (primary N) is 1. The van der Waals surface area contributed by atoms with E-state index >= 15 is 0 Å². The van der Waals surface area contributed by atoms with Gasteiger partial charge in [0.1, 0.15) is 10.8 Å². The second-order valence-electron chi connectivity index (χ2n) is 4.28. The van der Waals surface area contributed by atoms with Crippen molar-refractivity contribution in [3.8, 4) is 0 Å². The van der Waals surface area contributed by atoms with Crippen LogP contribution >= 0.6 is 12.2 Å². The predicted octanol–water partition coefficient (Wildman–Crippen LogP) is 0.672. The Bertz CT molecular complexity index is 786. The summed E-state index contributed by atoms with van der Waals surface area (Å²) in [5.74, 6) is -0.659. The monoisotopic (exact) mass is 328 g/mol. The summed E-state index contributed by atoms with van der Waals surface area (Å²) in [5.41, 5.74) is 5.95. The molecular formula is C12H13FN4O2S2. The largest absolute Gasteiger partial charge is 0.389 e. The van der Waals surface area contributed by atoms with Crippen LogP contribution in [0.1, 0.15) is 11.3 Å². The molecule has 6 nitrogen and oxygen atoms in total. The van der Waals surface area contributed by atoms with Crippen LogP contribution in [-0.4, -0.2) is 23.2 Å². The number of halogens is 1. The lowest BCUT2D eigenvalue weighted by atomic mass is 10.2. The Balaban J connectivity index is 2.26. The molecule has 0 saturated heterocycles. The molecule has 0 unspecified atom stereocenters. The van der Waals surface area contributed by atoms with Crippen molar-refractivity contribution in [3.63, 3.8) is 0 Å². The molecule has 3 N–H and O–H groups in total. The van der Waals surface area contributed by atoms with Crippen LogP contribution in [0, 0.1) is 5.82 Å². The Kier molecular flexibility index (Phi) is 4.35. The summed E-state index contributed by atoms with van der Waals surface area (Å²) in [6.07, 6.45) is 1.56. The van der Waals surface area contributed by atoms with Gasteiger partial charge >= 0.3 is 0 Å². The highest BCUT2D eigenvalue weighted by Gasteiger charge is 2.17. The number of sulfonamides is 1. The number of benzene rings is 1.